The molecule has 0 aliphatic rings. The summed E-state index contributed by atoms with van der Waals surface area (Å²) in [7, 11) is 0. The summed E-state index contributed by atoms with van der Waals surface area (Å²) in [5.74, 6) is 0.594. The Bertz CT molecular complexity index is 221. The predicted molar refractivity (Wildman–Crippen MR) is 37.5 cm³/mol. The van der Waals surface area contributed by atoms with E-state index in [0.717, 1.165) is 0 Å². The van der Waals surface area contributed by atoms with Crippen molar-refractivity contribution in [1.82, 2.24) is 10.2 Å². The summed E-state index contributed by atoms with van der Waals surface area (Å²) in [5, 5.41) is 6.33. The predicted octanol–water partition coefficient (Wildman–Crippen LogP) is -0.154. The number of hydrogen-bond donors (Lipinski definition) is 1. The van der Waals surface area contributed by atoms with Crippen molar-refractivity contribution in [2.45, 2.75) is 6.92 Å². The molecule has 1 aromatic heterocycles. The van der Waals surface area contributed by atoms with Crippen molar-refractivity contribution in [3.8, 4) is 0 Å². The molecule has 1 amide bonds. The van der Waals surface area contributed by atoms with Crippen LogP contribution < -0.4 is 3.92 Å². The van der Waals surface area contributed by atoms with Gasteiger partial charge in [0.25, 0.3) is 0 Å². The Morgan fingerprint density at radius 3 is 3.00 bits per heavy atom. The molecule has 0 atom stereocenters. The van der Waals surface area contributed by atoms with Crippen LogP contribution in [0.1, 0.15) is 6.92 Å². The molecule has 1 aromatic rings. The monoisotopic (exact) mass is 204 g/mol. The summed E-state index contributed by atoms with van der Waals surface area (Å²) in [6.07, 6.45) is 1.59. The Labute approximate surface area is 66.6 Å². The number of nitrogens with zero attached hydrogens (tertiary/aromatic N) is 2. The van der Waals surface area contributed by atoms with Crippen LogP contribution in [-0.2, 0) is 4.79 Å². The fourth-order valence-corrected chi connectivity index (χ4v) is 0.745. The molecule has 4 nitrogen and oxygen atoms in total. The molecule has 0 fully saturated rings. The number of nitrogens with one attached hydrogen (secondary N) is 1. The maximum absolute atomic E-state index is 10.7. The first-order valence-electron chi connectivity index (χ1n) is 2.69. The van der Waals surface area contributed by atoms with E-state index in [9.17, 15) is 4.79 Å². The summed E-state index contributed by atoms with van der Waals surface area (Å²) in [6.45, 7) is 1.47. The minimum atomic E-state index is -0.0655. The molecular weight excluding hydrogens is 197 g/mol. The van der Waals surface area contributed by atoms with Gasteiger partial charge in [0.15, 0.2) is 0 Å². The Hall–Kier alpha value is -0.801. The summed E-state index contributed by atoms with van der Waals surface area (Å²) in [4.78, 5) is 10.7. The van der Waals surface area contributed by atoms with Crippen molar-refractivity contribution >= 4 is 28.0 Å². The molecule has 1 radical (unpaired) electrons. The molecule has 0 bridgehead atoms. The van der Waals surface area contributed by atoms with Crippen molar-refractivity contribution in [2.24, 2.45) is 0 Å². The number of amides is 1. The molecule has 0 spiro atoms. The van der Waals surface area contributed by atoms with Crippen LogP contribution in [0, 0.1) is 0 Å². The van der Waals surface area contributed by atoms with E-state index in [2.05, 4.69) is 26.4 Å². The van der Waals surface area contributed by atoms with Gasteiger partial charge in [-0.1, -0.05) is 0 Å². The molecule has 1 heterocycles. The third kappa shape index (κ3) is 1.37. The van der Waals surface area contributed by atoms with Crippen molar-refractivity contribution in [3.63, 3.8) is 0 Å². The average Bonchev–Trinajstić information content (AvgIpc) is 2.36. The molecule has 0 saturated carbocycles. The summed E-state index contributed by atoms with van der Waals surface area (Å²) in [6, 6.07) is 1.71. The number of H-pyrrole nitrogens is 1. The van der Waals surface area contributed by atoms with Gasteiger partial charge in [0, 0.05) is 0 Å². The normalized spacial score (nSPS) is 9.40. The standard InChI is InChI=1S/C5H6N3OSe/c1-4(9)8(10)5-2-3-6-7-5/h2-3H,1H3,(H,6,7). The van der Waals surface area contributed by atoms with E-state index < -0.39 is 0 Å². The Morgan fingerprint density at radius 1 is 1.90 bits per heavy atom. The number of carbonyl (C=O) groups excluding carboxylic acids is 1. The molecule has 0 aliphatic carbocycles. The van der Waals surface area contributed by atoms with E-state index in [-0.39, 0.29) is 5.91 Å². The average molecular weight is 203 g/mol. The van der Waals surface area contributed by atoms with Crippen LogP contribution >= 0.6 is 0 Å². The maximum atomic E-state index is 10.7. The van der Waals surface area contributed by atoms with Gasteiger partial charge in [-0.05, 0) is 0 Å². The van der Waals surface area contributed by atoms with Gasteiger partial charge in [-0.15, -0.1) is 0 Å². The van der Waals surface area contributed by atoms with Crippen LogP contribution in [0.2, 0.25) is 0 Å². The van der Waals surface area contributed by atoms with Gasteiger partial charge < -0.3 is 0 Å². The molecule has 0 saturated heterocycles. The number of anilines is 1. The fourth-order valence-electron chi connectivity index (χ4n) is 0.531. The van der Waals surface area contributed by atoms with Gasteiger partial charge in [-0.2, -0.15) is 0 Å². The number of rotatable bonds is 1. The molecule has 53 valence electrons. The molecule has 0 unspecified atom stereocenters. The molecule has 0 aliphatic heterocycles. The van der Waals surface area contributed by atoms with Crippen LogP contribution in [-0.4, -0.2) is 32.3 Å². The van der Waals surface area contributed by atoms with Gasteiger partial charge in [0.2, 0.25) is 0 Å². The third-order valence-electron chi connectivity index (χ3n) is 0.991. The van der Waals surface area contributed by atoms with Gasteiger partial charge in [0.1, 0.15) is 0 Å². The van der Waals surface area contributed by atoms with Gasteiger partial charge in [-0.3, -0.25) is 0 Å². The molecule has 5 heteroatoms. The van der Waals surface area contributed by atoms with Crippen molar-refractivity contribution in [2.75, 3.05) is 3.92 Å². The van der Waals surface area contributed by atoms with E-state index in [1.54, 1.807) is 12.3 Å². The quantitative estimate of drug-likeness (QED) is 0.645. The second-order valence-electron chi connectivity index (χ2n) is 1.76. The molecule has 1 N–H and O–H groups in total. The molecule has 10 heavy (non-hydrogen) atoms. The van der Waals surface area contributed by atoms with Crippen molar-refractivity contribution in [1.29, 1.82) is 0 Å². The van der Waals surface area contributed by atoms with E-state index in [4.69, 9.17) is 0 Å². The van der Waals surface area contributed by atoms with Crippen LogP contribution in [0.15, 0.2) is 12.3 Å². The molecule has 1 rings (SSSR count). The zero-order chi connectivity index (χ0) is 7.56. The number of hydrogen-bond acceptors (Lipinski definition) is 2. The van der Waals surface area contributed by atoms with Crippen LogP contribution in [0.3, 0.4) is 0 Å². The Balaban J connectivity index is 2.77. The topological polar surface area (TPSA) is 49.0 Å². The van der Waals surface area contributed by atoms with E-state index in [0.29, 0.717) is 5.82 Å². The van der Waals surface area contributed by atoms with E-state index in [1.807, 2.05) is 0 Å². The summed E-state index contributed by atoms with van der Waals surface area (Å²) >= 11 is 2.59. The number of aromatic amines is 1. The van der Waals surface area contributed by atoms with E-state index in [1.165, 1.54) is 10.8 Å². The zero-order valence-electron chi connectivity index (χ0n) is 5.37. The van der Waals surface area contributed by atoms with Crippen LogP contribution in [0.5, 0.6) is 0 Å². The second-order valence-corrected chi connectivity index (χ2v) is 2.52. The van der Waals surface area contributed by atoms with Crippen molar-refractivity contribution < 1.29 is 4.79 Å². The molecule has 0 aromatic carbocycles. The Kier molecular flexibility index (Phi) is 2.09. The first-order chi connectivity index (χ1) is 4.72. The zero-order valence-corrected chi connectivity index (χ0v) is 7.08. The van der Waals surface area contributed by atoms with Crippen LogP contribution in [0.4, 0.5) is 5.82 Å². The SMILES string of the molecule is CC(=O)N([Se])c1ccn[nH]1. The summed E-state index contributed by atoms with van der Waals surface area (Å²) in [5.41, 5.74) is 0. The number of carbonyl (C=O) groups is 1. The first-order valence-corrected chi connectivity index (χ1v) is 3.45. The van der Waals surface area contributed by atoms with E-state index >= 15 is 0 Å². The fraction of sp³-hybridized carbons (Fsp3) is 0.200. The molecular formula is C5H6N3OSe. The van der Waals surface area contributed by atoms with Crippen LogP contribution in [0.25, 0.3) is 0 Å². The summed E-state index contributed by atoms with van der Waals surface area (Å²) < 4.78 is 1.37. The Morgan fingerprint density at radius 2 is 2.60 bits per heavy atom. The second kappa shape index (κ2) is 2.86. The first kappa shape index (κ1) is 7.31. The van der Waals surface area contributed by atoms with Crippen molar-refractivity contribution in [3.05, 3.63) is 12.3 Å². The minimum absolute atomic E-state index is 0.0655. The van der Waals surface area contributed by atoms with Gasteiger partial charge in [0.05, 0.1) is 0 Å². The van der Waals surface area contributed by atoms with Gasteiger partial charge >= 0.3 is 66.1 Å². The third-order valence-corrected chi connectivity index (χ3v) is 1.94. The van der Waals surface area contributed by atoms with Gasteiger partial charge in [-0.25, -0.2) is 0 Å². The number of aromatic nitrogens is 2.